The minimum atomic E-state index is -3.18. The molecule has 1 aromatic carbocycles. The Kier molecular flexibility index (Phi) is 6.90. The Morgan fingerprint density at radius 3 is 2.71 bits per heavy atom. The van der Waals surface area contributed by atoms with Crippen LogP contribution in [0.3, 0.4) is 0 Å². The molecule has 0 unspecified atom stereocenters. The molecule has 0 amide bonds. The summed E-state index contributed by atoms with van der Waals surface area (Å²) in [6.45, 7) is 0.670. The lowest BCUT2D eigenvalue weighted by Crippen LogP contribution is -2.43. The van der Waals surface area contributed by atoms with Crippen molar-refractivity contribution >= 4 is 29.1 Å². The van der Waals surface area contributed by atoms with E-state index in [1.165, 1.54) is 11.3 Å². The maximum absolute atomic E-state index is 14.2. The number of carboxylic acid groups (broad SMARTS) is 1. The lowest BCUT2D eigenvalue weighted by Gasteiger charge is -2.30. The van der Waals surface area contributed by atoms with E-state index >= 15 is 0 Å². The number of likely N-dealkylation sites (tertiary alicyclic amines) is 1. The molecule has 0 aliphatic carbocycles. The number of nitrogens with zero attached hydrogens (tertiary/aromatic N) is 4. The summed E-state index contributed by atoms with van der Waals surface area (Å²) in [5, 5.41) is 23.9. The van der Waals surface area contributed by atoms with Gasteiger partial charge < -0.3 is 15.2 Å². The molecule has 2 N–H and O–H groups in total. The Labute approximate surface area is 203 Å². The monoisotopic (exact) mass is 501 g/mol. The molecule has 12 heteroatoms. The van der Waals surface area contributed by atoms with E-state index < -0.39 is 42.9 Å². The Balaban J connectivity index is 1.82. The van der Waals surface area contributed by atoms with Crippen molar-refractivity contribution in [3.63, 3.8) is 0 Å². The Morgan fingerprint density at radius 1 is 1.37 bits per heavy atom. The van der Waals surface area contributed by atoms with Gasteiger partial charge in [-0.15, -0.1) is 11.3 Å². The second kappa shape index (κ2) is 9.89. The van der Waals surface area contributed by atoms with Crippen molar-refractivity contribution in [2.24, 2.45) is 4.99 Å². The molecule has 2 atom stereocenters. The average Bonchev–Trinajstić information content (AvgIpc) is 3.46. The van der Waals surface area contributed by atoms with E-state index in [2.05, 4.69) is 15.3 Å². The van der Waals surface area contributed by atoms with E-state index in [1.807, 2.05) is 6.07 Å². The zero-order valence-corrected chi connectivity index (χ0v) is 19.4. The van der Waals surface area contributed by atoms with Crippen LogP contribution in [0.5, 0.6) is 0 Å². The highest BCUT2D eigenvalue weighted by Crippen LogP contribution is 2.36. The third-order valence-corrected chi connectivity index (χ3v) is 6.41. The number of halogens is 2. The van der Waals surface area contributed by atoms with E-state index in [9.17, 15) is 23.5 Å². The molecule has 1 fully saturated rings. The van der Waals surface area contributed by atoms with Crippen molar-refractivity contribution in [2.45, 2.75) is 31.4 Å². The fourth-order valence-electron chi connectivity index (χ4n) is 4.10. The van der Waals surface area contributed by atoms with Crippen LogP contribution in [0.25, 0.3) is 0 Å². The number of ether oxygens (including phenoxy) is 1. The first-order valence-electron chi connectivity index (χ1n) is 10.7. The highest BCUT2D eigenvalue weighted by Gasteiger charge is 2.49. The maximum atomic E-state index is 14.2. The predicted molar refractivity (Wildman–Crippen MR) is 122 cm³/mol. The molecule has 1 saturated heterocycles. The minimum Gasteiger partial charge on any atom is -0.480 e. The van der Waals surface area contributed by atoms with Gasteiger partial charge in [-0.2, -0.15) is 5.26 Å². The number of nitrogens with one attached hydrogen (secondary N) is 1. The van der Waals surface area contributed by atoms with Gasteiger partial charge in [0, 0.05) is 30.2 Å². The molecule has 0 bridgehead atoms. The van der Waals surface area contributed by atoms with Crippen LogP contribution < -0.4 is 5.32 Å². The normalized spacial score (nSPS) is 21.7. The van der Waals surface area contributed by atoms with Crippen LogP contribution in [0.15, 0.2) is 52.1 Å². The van der Waals surface area contributed by atoms with Crippen molar-refractivity contribution in [1.82, 2.24) is 15.2 Å². The van der Waals surface area contributed by atoms with Gasteiger partial charge in [-0.05, 0) is 24.6 Å². The number of alkyl halides is 2. The topological polar surface area (TPSA) is 128 Å². The molecule has 1 aromatic heterocycles. The second-order valence-corrected chi connectivity index (χ2v) is 8.90. The summed E-state index contributed by atoms with van der Waals surface area (Å²) in [6.07, 6.45) is 0.753. The Hall–Kier alpha value is -3.69. The van der Waals surface area contributed by atoms with Crippen molar-refractivity contribution < 1.29 is 28.2 Å². The number of thiazole rings is 1. The van der Waals surface area contributed by atoms with Crippen molar-refractivity contribution in [3.05, 3.63) is 63.2 Å². The van der Waals surface area contributed by atoms with Gasteiger partial charge in [0.1, 0.15) is 12.1 Å². The number of hydrogen-bond acceptors (Lipinski definition) is 9. The number of rotatable bonds is 7. The Bertz CT molecular complexity index is 1220. The number of esters is 1. The highest BCUT2D eigenvalue weighted by molar-refractivity contribution is 7.11. The lowest BCUT2D eigenvalue weighted by molar-refractivity contribution is -0.142. The summed E-state index contributed by atoms with van der Waals surface area (Å²) in [7, 11) is 0. The third kappa shape index (κ3) is 5.21. The first kappa shape index (κ1) is 24.4. The second-order valence-electron chi connectivity index (χ2n) is 8.01. The van der Waals surface area contributed by atoms with Gasteiger partial charge in [-0.25, -0.2) is 18.6 Å². The molecule has 182 valence electrons. The van der Waals surface area contributed by atoms with Gasteiger partial charge in [-0.3, -0.25) is 14.7 Å². The number of amidine groups is 1. The van der Waals surface area contributed by atoms with E-state index in [1.54, 1.807) is 42.8 Å². The van der Waals surface area contributed by atoms with Crippen LogP contribution >= 0.6 is 11.3 Å². The van der Waals surface area contributed by atoms with Crippen molar-refractivity contribution in [3.8, 4) is 6.07 Å². The number of benzene rings is 1. The number of nitriles is 1. The van der Waals surface area contributed by atoms with Gasteiger partial charge in [0.25, 0.3) is 5.92 Å². The van der Waals surface area contributed by atoms with Gasteiger partial charge in [0.05, 0.1) is 30.4 Å². The number of carbonyl (C=O) groups excluding carboxylic acids is 1. The predicted octanol–water partition coefficient (Wildman–Crippen LogP) is 2.72. The van der Waals surface area contributed by atoms with E-state index in [-0.39, 0.29) is 24.4 Å². The smallest absolute Gasteiger partial charge is 0.338 e. The molecule has 35 heavy (non-hydrogen) atoms. The average molecular weight is 502 g/mol. The van der Waals surface area contributed by atoms with Crippen LogP contribution in [0.4, 0.5) is 8.78 Å². The summed E-state index contributed by atoms with van der Waals surface area (Å²) in [4.78, 5) is 34.8. The SMILES string of the molecule is CCOC(=O)C1=C(CN2CC(F)(F)C[C@H]2C(=O)O)NC(c2nccs2)=N[C@H]1c1ccc(C#N)cc1. The molecule has 9 nitrogen and oxygen atoms in total. The quantitative estimate of drug-likeness (QED) is 0.555. The number of carboxylic acids is 1. The highest BCUT2D eigenvalue weighted by atomic mass is 32.1. The number of aromatic nitrogens is 1. The van der Waals surface area contributed by atoms with Crippen molar-refractivity contribution in [2.75, 3.05) is 19.7 Å². The summed E-state index contributed by atoms with van der Waals surface area (Å²) in [5.41, 5.74) is 1.28. The molecule has 2 aliphatic heterocycles. The van der Waals surface area contributed by atoms with Crippen LogP contribution in [0, 0.1) is 11.3 Å². The number of carbonyl (C=O) groups is 2. The third-order valence-electron chi connectivity index (χ3n) is 5.63. The number of hydrogen-bond donors (Lipinski definition) is 2. The van der Waals surface area contributed by atoms with Crippen molar-refractivity contribution in [1.29, 1.82) is 5.26 Å². The van der Waals surface area contributed by atoms with E-state index in [4.69, 9.17) is 10.00 Å². The summed E-state index contributed by atoms with van der Waals surface area (Å²) < 4.78 is 33.6. The molecule has 0 spiro atoms. The zero-order valence-electron chi connectivity index (χ0n) is 18.6. The molecular formula is C23H21F2N5O4S. The first-order valence-corrected chi connectivity index (χ1v) is 11.6. The van der Waals surface area contributed by atoms with Crippen LogP contribution in [0.1, 0.15) is 35.5 Å². The standard InChI is InChI=1S/C23H21F2N5O4S/c1-2-34-22(33)17-15(11-30-12-23(24,25)9-16(30)21(31)32)28-19(20-27-7-8-35-20)29-18(17)14-5-3-13(10-26)4-6-14/h3-8,16,18H,2,9,11-12H2,1H3,(H,28,29)(H,31,32)/t16-,18-/m0/s1. The summed E-state index contributed by atoms with van der Waals surface area (Å²) in [6, 6.07) is 6.19. The first-order chi connectivity index (χ1) is 16.7. The molecular weight excluding hydrogens is 480 g/mol. The van der Waals surface area contributed by atoms with Crippen LogP contribution in [-0.2, 0) is 14.3 Å². The summed E-state index contributed by atoms with van der Waals surface area (Å²) >= 11 is 1.29. The maximum Gasteiger partial charge on any atom is 0.338 e. The van der Waals surface area contributed by atoms with Gasteiger partial charge in [-0.1, -0.05) is 12.1 Å². The molecule has 0 saturated carbocycles. The largest absolute Gasteiger partial charge is 0.480 e. The number of aliphatic imine (C=N–C) groups is 1. The molecule has 0 radical (unpaired) electrons. The molecule has 2 aliphatic rings. The molecule has 2 aromatic rings. The Morgan fingerprint density at radius 2 is 2.11 bits per heavy atom. The zero-order chi connectivity index (χ0) is 25.2. The minimum absolute atomic E-state index is 0.0677. The molecule has 3 heterocycles. The van der Waals surface area contributed by atoms with Gasteiger partial charge in [0.2, 0.25) is 0 Å². The van der Waals surface area contributed by atoms with Crippen LogP contribution in [0.2, 0.25) is 0 Å². The number of aliphatic carboxylic acids is 1. The van der Waals surface area contributed by atoms with E-state index in [0.717, 1.165) is 4.90 Å². The van der Waals surface area contributed by atoms with Crippen LogP contribution in [-0.4, -0.2) is 64.4 Å². The molecule has 4 rings (SSSR count). The fourth-order valence-corrected chi connectivity index (χ4v) is 4.68. The lowest BCUT2D eigenvalue weighted by atomic mass is 9.94. The van der Waals surface area contributed by atoms with Gasteiger partial charge in [0.15, 0.2) is 10.8 Å². The van der Waals surface area contributed by atoms with E-state index in [0.29, 0.717) is 22.0 Å². The van der Waals surface area contributed by atoms with Gasteiger partial charge >= 0.3 is 11.9 Å². The summed E-state index contributed by atoms with van der Waals surface area (Å²) in [5.74, 6) is -4.94. The fraction of sp³-hybridized carbons (Fsp3) is 0.348.